The van der Waals surface area contributed by atoms with E-state index in [1.807, 2.05) is 4.90 Å². The molecule has 1 aromatic heterocycles. The molecule has 3 amide bonds. The quantitative estimate of drug-likeness (QED) is 0.695. The largest absolute Gasteiger partial charge is 0.369 e. The van der Waals surface area contributed by atoms with E-state index in [9.17, 15) is 18.8 Å². The van der Waals surface area contributed by atoms with E-state index < -0.39 is 5.91 Å². The van der Waals surface area contributed by atoms with Gasteiger partial charge in [0, 0.05) is 25.9 Å². The molecule has 0 spiro atoms. The smallest absolute Gasteiger partial charge is 0.271 e. The Kier molecular flexibility index (Phi) is 6.62. The zero-order valence-corrected chi connectivity index (χ0v) is 18.0. The number of nitrogens with zero attached hydrogens (tertiary/aromatic N) is 4. The molecule has 2 aromatic rings. The fourth-order valence-corrected chi connectivity index (χ4v) is 3.92. The predicted octanol–water partition coefficient (Wildman–Crippen LogP) is 2.04. The molecular formula is C23H25FN6O3. The SMILES string of the molecule is NC(=O)C1CCCN(c2ccc(NC(=O)C3=NN(Cc4ccc(F)cc4)C(=O)CC3)cn2)C1. The highest BCUT2D eigenvalue weighted by molar-refractivity contribution is 6.43. The predicted molar refractivity (Wildman–Crippen MR) is 121 cm³/mol. The summed E-state index contributed by atoms with van der Waals surface area (Å²) >= 11 is 0. The Hall–Kier alpha value is -3.82. The van der Waals surface area contributed by atoms with Gasteiger partial charge in [-0.05, 0) is 42.7 Å². The van der Waals surface area contributed by atoms with Gasteiger partial charge in [-0.25, -0.2) is 14.4 Å². The number of hydrazone groups is 1. The van der Waals surface area contributed by atoms with Crippen molar-refractivity contribution in [3.05, 3.63) is 54.0 Å². The van der Waals surface area contributed by atoms with Crippen LogP contribution in [0.15, 0.2) is 47.7 Å². The lowest BCUT2D eigenvalue weighted by molar-refractivity contribution is -0.132. The summed E-state index contributed by atoms with van der Waals surface area (Å²) in [6.45, 7) is 1.48. The summed E-state index contributed by atoms with van der Waals surface area (Å²) < 4.78 is 13.1. The summed E-state index contributed by atoms with van der Waals surface area (Å²) in [6.07, 6.45) is 3.59. The van der Waals surface area contributed by atoms with Crippen LogP contribution in [0.3, 0.4) is 0 Å². The van der Waals surface area contributed by atoms with Gasteiger partial charge in [0.05, 0.1) is 24.3 Å². The van der Waals surface area contributed by atoms with Gasteiger partial charge in [0.15, 0.2) is 0 Å². The van der Waals surface area contributed by atoms with Crippen LogP contribution >= 0.6 is 0 Å². The first-order valence-corrected chi connectivity index (χ1v) is 10.8. The Morgan fingerprint density at radius 2 is 1.94 bits per heavy atom. The van der Waals surface area contributed by atoms with Gasteiger partial charge >= 0.3 is 0 Å². The molecule has 1 atom stereocenters. The third kappa shape index (κ3) is 5.51. The molecule has 0 saturated carbocycles. The van der Waals surface area contributed by atoms with Gasteiger partial charge in [-0.3, -0.25) is 14.4 Å². The zero-order chi connectivity index (χ0) is 23.4. The molecule has 0 radical (unpaired) electrons. The van der Waals surface area contributed by atoms with Crippen molar-refractivity contribution in [2.24, 2.45) is 16.8 Å². The molecule has 1 unspecified atom stereocenters. The number of primary amides is 1. The number of aromatic nitrogens is 1. The van der Waals surface area contributed by atoms with Gasteiger partial charge in [0.25, 0.3) is 5.91 Å². The average molecular weight is 452 g/mol. The van der Waals surface area contributed by atoms with Crippen LogP contribution in [0.25, 0.3) is 0 Å². The molecule has 33 heavy (non-hydrogen) atoms. The number of hydrogen-bond donors (Lipinski definition) is 2. The fourth-order valence-electron chi connectivity index (χ4n) is 3.92. The molecule has 0 bridgehead atoms. The highest BCUT2D eigenvalue weighted by Gasteiger charge is 2.26. The van der Waals surface area contributed by atoms with Crippen LogP contribution in [-0.4, -0.2) is 46.5 Å². The van der Waals surface area contributed by atoms with Crippen molar-refractivity contribution >= 4 is 34.9 Å². The number of anilines is 2. The summed E-state index contributed by atoms with van der Waals surface area (Å²) in [5.74, 6) is -0.746. The van der Waals surface area contributed by atoms with Crippen molar-refractivity contribution < 1.29 is 18.8 Å². The molecule has 9 nitrogen and oxygen atoms in total. The lowest BCUT2D eigenvalue weighted by Gasteiger charge is -2.32. The third-order valence-electron chi connectivity index (χ3n) is 5.77. The minimum Gasteiger partial charge on any atom is -0.369 e. The number of halogens is 1. The van der Waals surface area contributed by atoms with E-state index in [4.69, 9.17) is 5.73 Å². The van der Waals surface area contributed by atoms with Crippen LogP contribution in [0.2, 0.25) is 0 Å². The molecule has 1 saturated heterocycles. The minimum absolute atomic E-state index is 0.161. The monoisotopic (exact) mass is 452 g/mol. The summed E-state index contributed by atoms with van der Waals surface area (Å²) in [5, 5.41) is 8.21. The summed E-state index contributed by atoms with van der Waals surface area (Å²) in [4.78, 5) is 42.8. The Balaban J connectivity index is 1.39. The zero-order valence-electron chi connectivity index (χ0n) is 18.0. The maximum absolute atomic E-state index is 13.1. The Labute approximate surface area is 190 Å². The Bertz CT molecular complexity index is 1070. The number of pyridine rings is 1. The number of carbonyl (C=O) groups excluding carboxylic acids is 3. The Morgan fingerprint density at radius 1 is 1.15 bits per heavy atom. The van der Waals surface area contributed by atoms with Crippen LogP contribution in [0.5, 0.6) is 0 Å². The maximum atomic E-state index is 13.1. The van der Waals surface area contributed by atoms with Crippen LogP contribution in [0.1, 0.15) is 31.2 Å². The van der Waals surface area contributed by atoms with Crippen molar-refractivity contribution in [2.75, 3.05) is 23.3 Å². The molecule has 0 aliphatic carbocycles. The molecular weight excluding hydrogens is 427 g/mol. The highest BCUT2D eigenvalue weighted by atomic mass is 19.1. The summed E-state index contributed by atoms with van der Waals surface area (Å²) in [6, 6.07) is 9.30. The number of nitrogens with one attached hydrogen (secondary N) is 1. The molecule has 10 heteroatoms. The average Bonchev–Trinajstić information content (AvgIpc) is 2.82. The Morgan fingerprint density at radius 3 is 2.64 bits per heavy atom. The number of benzene rings is 1. The van der Waals surface area contributed by atoms with E-state index in [0.29, 0.717) is 23.6 Å². The van der Waals surface area contributed by atoms with Crippen LogP contribution in [0, 0.1) is 11.7 Å². The first kappa shape index (κ1) is 22.4. The van der Waals surface area contributed by atoms with E-state index in [0.717, 1.165) is 19.4 Å². The number of piperidine rings is 1. The highest BCUT2D eigenvalue weighted by Crippen LogP contribution is 2.23. The van der Waals surface area contributed by atoms with Gasteiger partial charge in [-0.2, -0.15) is 5.10 Å². The minimum atomic E-state index is -0.409. The topological polar surface area (TPSA) is 121 Å². The third-order valence-corrected chi connectivity index (χ3v) is 5.77. The first-order chi connectivity index (χ1) is 15.9. The lowest BCUT2D eigenvalue weighted by atomic mass is 9.97. The second-order valence-electron chi connectivity index (χ2n) is 8.17. The van der Waals surface area contributed by atoms with E-state index in [2.05, 4.69) is 15.4 Å². The van der Waals surface area contributed by atoms with Gasteiger partial charge in [0.1, 0.15) is 17.3 Å². The van der Waals surface area contributed by atoms with Crippen molar-refractivity contribution in [1.82, 2.24) is 9.99 Å². The molecule has 1 fully saturated rings. The first-order valence-electron chi connectivity index (χ1n) is 10.8. The number of amides is 3. The van der Waals surface area contributed by atoms with Crippen molar-refractivity contribution in [3.63, 3.8) is 0 Å². The molecule has 3 heterocycles. The normalized spacial score (nSPS) is 18.6. The second-order valence-corrected chi connectivity index (χ2v) is 8.17. The summed E-state index contributed by atoms with van der Waals surface area (Å²) in [5.41, 5.74) is 6.89. The van der Waals surface area contributed by atoms with Crippen molar-refractivity contribution in [1.29, 1.82) is 0 Å². The molecule has 2 aliphatic rings. The number of hydrogen-bond acceptors (Lipinski definition) is 6. The van der Waals surface area contributed by atoms with E-state index in [1.165, 1.54) is 17.1 Å². The van der Waals surface area contributed by atoms with Crippen LogP contribution in [-0.2, 0) is 20.9 Å². The lowest BCUT2D eigenvalue weighted by Crippen LogP contribution is -2.41. The summed E-state index contributed by atoms with van der Waals surface area (Å²) in [7, 11) is 0. The number of nitrogens with two attached hydrogens (primary N) is 1. The van der Waals surface area contributed by atoms with E-state index >= 15 is 0 Å². The number of rotatable bonds is 6. The fraction of sp³-hybridized carbons (Fsp3) is 0.348. The standard InChI is InChI=1S/C23H25FN6O3/c24-17-5-3-15(4-6-17)13-30-21(31)10-8-19(28-30)23(33)27-18-7-9-20(26-12-18)29-11-1-2-16(14-29)22(25)32/h3-7,9,12,16H,1-2,8,10-11,13-14H2,(H2,25,32)(H,27,33). The molecule has 1 aromatic carbocycles. The van der Waals surface area contributed by atoms with Crippen LogP contribution in [0.4, 0.5) is 15.9 Å². The molecule has 4 rings (SSSR count). The van der Waals surface area contributed by atoms with Crippen molar-refractivity contribution in [3.8, 4) is 0 Å². The molecule has 172 valence electrons. The number of carbonyl (C=O) groups is 3. The van der Waals surface area contributed by atoms with Gasteiger partial charge < -0.3 is 16.0 Å². The maximum Gasteiger partial charge on any atom is 0.271 e. The molecule has 3 N–H and O–H groups in total. The van der Waals surface area contributed by atoms with Crippen molar-refractivity contribution in [2.45, 2.75) is 32.2 Å². The van der Waals surface area contributed by atoms with E-state index in [-0.39, 0.29) is 48.6 Å². The second kappa shape index (κ2) is 9.76. The van der Waals surface area contributed by atoms with Gasteiger partial charge in [0.2, 0.25) is 11.8 Å². The van der Waals surface area contributed by atoms with Crippen LogP contribution < -0.4 is 16.0 Å². The molecule has 2 aliphatic heterocycles. The van der Waals surface area contributed by atoms with Gasteiger partial charge in [-0.1, -0.05) is 12.1 Å². The van der Waals surface area contributed by atoms with Gasteiger partial charge in [-0.15, -0.1) is 0 Å². The van der Waals surface area contributed by atoms with E-state index in [1.54, 1.807) is 30.5 Å².